The Morgan fingerprint density at radius 1 is 2.00 bits per heavy atom. The Balaban J connectivity index is 2.52. The lowest BCUT2D eigenvalue weighted by molar-refractivity contribution is -0.127. The fourth-order valence-electron chi connectivity index (χ4n) is 1.72. The van der Waals surface area contributed by atoms with E-state index in [1.54, 1.807) is 13.8 Å². The number of rotatable bonds is 0. The minimum atomic E-state index is -1.74. The molecule has 0 aromatic heterocycles. The first-order valence-electron chi connectivity index (χ1n) is 4.79. The third-order valence-corrected chi connectivity index (χ3v) is 2.81. The standard InChI is InChI=1S/C8H12O/c1-5-6-3-7(9)8(5,2)4-6/h5-6H,3-4H2,1-2H3/t5-,6-,8+/m0/s1/i3D2,5D. The highest BCUT2D eigenvalue weighted by molar-refractivity contribution is 5.90. The third-order valence-electron chi connectivity index (χ3n) is 2.81. The molecule has 0 unspecified atom stereocenters. The zero-order valence-corrected chi connectivity index (χ0v) is 5.69. The molecule has 3 aliphatic rings. The number of hydrogen-bond acceptors (Lipinski definition) is 1. The third kappa shape index (κ3) is 0.405. The lowest BCUT2D eigenvalue weighted by Gasteiger charge is -2.40. The van der Waals surface area contributed by atoms with Crippen LogP contribution in [-0.4, -0.2) is 5.78 Å². The van der Waals surface area contributed by atoms with Crippen LogP contribution >= 0.6 is 0 Å². The topological polar surface area (TPSA) is 17.1 Å². The molecule has 0 saturated heterocycles. The molecule has 3 atom stereocenters. The molecular weight excluding hydrogens is 112 g/mol. The summed E-state index contributed by atoms with van der Waals surface area (Å²) in [5.41, 5.74) is -0.721. The summed E-state index contributed by atoms with van der Waals surface area (Å²) in [7, 11) is 0. The van der Waals surface area contributed by atoms with Crippen LogP contribution in [0.25, 0.3) is 0 Å². The van der Waals surface area contributed by atoms with Crippen LogP contribution in [0.1, 0.15) is 30.8 Å². The van der Waals surface area contributed by atoms with Gasteiger partial charge in [-0.1, -0.05) is 13.8 Å². The maximum atomic E-state index is 11.5. The quantitative estimate of drug-likeness (QED) is 0.483. The number of fused-ring (bicyclic) bond motifs is 1. The molecule has 0 amide bonds. The van der Waals surface area contributed by atoms with Gasteiger partial charge in [-0.2, -0.15) is 0 Å². The van der Waals surface area contributed by atoms with Gasteiger partial charge in [-0.25, -0.2) is 0 Å². The van der Waals surface area contributed by atoms with E-state index in [1.165, 1.54) is 0 Å². The van der Waals surface area contributed by atoms with E-state index in [0.717, 1.165) is 0 Å². The van der Waals surface area contributed by atoms with Crippen LogP contribution in [0.2, 0.25) is 0 Å². The number of Topliss-reactive ketones (excluding diaryl/α,β-unsaturated/α-hetero) is 1. The summed E-state index contributed by atoms with van der Waals surface area (Å²) in [5.74, 6) is -1.63. The zero-order valence-electron chi connectivity index (χ0n) is 8.69. The summed E-state index contributed by atoms with van der Waals surface area (Å²) in [6.45, 7) is 3.38. The SMILES string of the molecule is [2H]C1([2H])C(=O)[C@]2(C)C[C@H]1[C@]2([2H])C. The van der Waals surface area contributed by atoms with Crippen LogP contribution < -0.4 is 0 Å². The number of hydrogen-bond donors (Lipinski definition) is 0. The molecular formula is C8H12O. The number of carbonyl (C=O) groups is 1. The fourth-order valence-corrected chi connectivity index (χ4v) is 1.72. The van der Waals surface area contributed by atoms with Crippen LogP contribution in [0, 0.1) is 17.2 Å². The Morgan fingerprint density at radius 2 is 2.67 bits per heavy atom. The predicted octanol–water partition coefficient (Wildman–Crippen LogP) is 1.62. The van der Waals surface area contributed by atoms with Crippen molar-refractivity contribution >= 4 is 5.78 Å². The van der Waals surface area contributed by atoms with Crippen molar-refractivity contribution in [1.29, 1.82) is 0 Å². The van der Waals surface area contributed by atoms with Gasteiger partial charge in [-0.05, 0) is 18.2 Å². The van der Waals surface area contributed by atoms with Gasteiger partial charge in [-0.3, -0.25) is 4.79 Å². The highest BCUT2D eigenvalue weighted by atomic mass is 16.1. The van der Waals surface area contributed by atoms with Crippen LogP contribution in [0.15, 0.2) is 0 Å². The van der Waals surface area contributed by atoms with Crippen molar-refractivity contribution < 1.29 is 8.91 Å². The van der Waals surface area contributed by atoms with Crippen molar-refractivity contribution in [2.45, 2.75) is 26.6 Å². The molecule has 1 nitrogen and oxygen atoms in total. The van der Waals surface area contributed by atoms with Gasteiger partial charge >= 0.3 is 0 Å². The molecule has 0 spiro atoms. The van der Waals surface area contributed by atoms with Gasteiger partial charge < -0.3 is 0 Å². The van der Waals surface area contributed by atoms with Gasteiger partial charge in [0.05, 0.1) is 0 Å². The molecule has 0 N–H and O–H groups in total. The lowest BCUT2D eigenvalue weighted by atomic mass is 9.62. The average Bonchev–Trinajstić information content (AvgIpc) is 2.18. The van der Waals surface area contributed by atoms with Gasteiger partial charge in [0.2, 0.25) is 0 Å². The van der Waals surface area contributed by atoms with Crippen molar-refractivity contribution in [1.82, 2.24) is 0 Å². The molecule has 3 saturated carbocycles. The van der Waals surface area contributed by atoms with Crippen molar-refractivity contribution in [3.63, 3.8) is 0 Å². The maximum absolute atomic E-state index is 11.5. The smallest absolute Gasteiger partial charge is 0.139 e. The normalized spacial score (nSPS) is 74.2. The highest BCUT2D eigenvalue weighted by Crippen LogP contribution is 2.60. The summed E-state index contributed by atoms with van der Waals surface area (Å²) in [4.78, 5) is 11.5. The largest absolute Gasteiger partial charge is 0.299 e. The summed E-state index contributed by atoms with van der Waals surface area (Å²) < 4.78 is 22.9. The van der Waals surface area contributed by atoms with Gasteiger partial charge in [0, 0.05) is 15.9 Å². The Morgan fingerprint density at radius 3 is 2.78 bits per heavy atom. The van der Waals surface area contributed by atoms with Crippen molar-refractivity contribution in [2.75, 3.05) is 0 Å². The Bertz CT molecular complexity index is 271. The van der Waals surface area contributed by atoms with Crippen LogP contribution in [-0.2, 0) is 4.79 Å². The summed E-state index contributed by atoms with van der Waals surface area (Å²) in [5, 5.41) is 0. The first-order chi connectivity index (χ1) is 5.24. The second-order valence-electron chi connectivity index (χ2n) is 3.25. The summed E-state index contributed by atoms with van der Waals surface area (Å²) >= 11 is 0. The highest BCUT2D eigenvalue weighted by Gasteiger charge is 2.59. The van der Waals surface area contributed by atoms with E-state index in [0.29, 0.717) is 6.42 Å². The monoisotopic (exact) mass is 127 g/mol. The van der Waals surface area contributed by atoms with Gasteiger partial charge in [0.25, 0.3) is 0 Å². The number of ketones is 1. The molecule has 0 aromatic carbocycles. The molecule has 0 heterocycles. The lowest BCUT2D eigenvalue weighted by Crippen LogP contribution is -2.38. The van der Waals surface area contributed by atoms with E-state index in [4.69, 9.17) is 4.11 Å². The van der Waals surface area contributed by atoms with E-state index < -0.39 is 17.7 Å². The molecule has 0 radical (unpaired) electrons. The fraction of sp³-hybridized carbons (Fsp3) is 0.875. The number of carbonyl (C=O) groups excluding carboxylic acids is 1. The first-order valence-corrected chi connectivity index (χ1v) is 3.29. The molecule has 3 aliphatic carbocycles. The van der Waals surface area contributed by atoms with Gasteiger partial charge in [0.15, 0.2) is 0 Å². The van der Waals surface area contributed by atoms with Crippen LogP contribution in [0.3, 0.4) is 0 Å². The second-order valence-corrected chi connectivity index (χ2v) is 3.25. The molecule has 9 heavy (non-hydrogen) atoms. The summed E-state index contributed by atoms with van der Waals surface area (Å²) in [6.07, 6.45) is -1.19. The van der Waals surface area contributed by atoms with Gasteiger partial charge in [-0.15, -0.1) is 0 Å². The van der Waals surface area contributed by atoms with Crippen molar-refractivity contribution in [3.8, 4) is 0 Å². The molecule has 3 rings (SSSR count). The van der Waals surface area contributed by atoms with Crippen molar-refractivity contribution in [2.24, 2.45) is 17.2 Å². The minimum absolute atomic E-state index is 0.363. The van der Waals surface area contributed by atoms with Crippen LogP contribution in [0.5, 0.6) is 0 Å². The first kappa shape index (κ1) is 3.18. The minimum Gasteiger partial charge on any atom is -0.299 e. The van der Waals surface area contributed by atoms with E-state index in [9.17, 15) is 4.79 Å². The zero-order chi connectivity index (χ0) is 9.36. The molecule has 2 bridgehead atoms. The molecule has 0 aliphatic heterocycles. The van der Waals surface area contributed by atoms with E-state index in [1.807, 2.05) is 0 Å². The average molecular weight is 127 g/mol. The summed E-state index contributed by atoms with van der Waals surface area (Å²) in [6, 6.07) is 0. The Labute approximate surface area is 59.7 Å². The van der Waals surface area contributed by atoms with E-state index in [-0.39, 0.29) is 11.7 Å². The van der Waals surface area contributed by atoms with Crippen LogP contribution in [0.4, 0.5) is 0 Å². The Hall–Kier alpha value is -0.330. The Kier molecular flexibility index (Phi) is 0.434. The molecule has 1 heteroatoms. The molecule has 3 fully saturated rings. The predicted molar refractivity (Wildman–Crippen MR) is 35.0 cm³/mol. The molecule has 50 valence electrons. The van der Waals surface area contributed by atoms with Gasteiger partial charge in [0.1, 0.15) is 5.78 Å². The van der Waals surface area contributed by atoms with E-state index >= 15 is 0 Å². The molecule has 0 aromatic rings. The maximum Gasteiger partial charge on any atom is 0.139 e. The second kappa shape index (κ2) is 1.23. The van der Waals surface area contributed by atoms with Crippen molar-refractivity contribution in [3.05, 3.63) is 0 Å². The van der Waals surface area contributed by atoms with E-state index in [2.05, 4.69) is 0 Å².